The topological polar surface area (TPSA) is 134 Å². The van der Waals surface area contributed by atoms with Gasteiger partial charge in [0.2, 0.25) is 11.8 Å². The van der Waals surface area contributed by atoms with Crippen LogP contribution in [0.4, 0.5) is 4.79 Å². The van der Waals surface area contributed by atoms with Gasteiger partial charge in [-0.05, 0) is 92.2 Å². The number of nitrogens with zero attached hydrogens (tertiary/aromatic N) is 1. The second-order valence-electron chi connectivity index (χ2n) is 14.6. The van der Waals surface area contributed by atoms with Crippen LogP contribution in [0.3, 0.4) is 0 Å². The number of benzene rings is 2. The van der Waals surface area contributed by atoms with Crippen molar-refractivity contribution < 1.29 is 33.8 Å². The molecule has 10 heteroatoms. The van der Waals surface area contributed by atoms with Crippen LogP contribution in [-0.4, -0.2) is 63.2 Å². The molecule has 260 valence electrons. The second-order valence-corrected chi connectivity index (χ2v) is 14.6. The van der Waals surface area contributed by atoms with Gasteiger partial charge in [0.15, 0.2) is 0 Å². The van der Waals surface area contributed by atoms with Crippen LogP contribution in [0.25, 0.3) is 0 Å². The molecule has 0 saturated heterocycles. The van der Waals surface area contributed by atoms with Crippen LogP contribution in [0.5, 0.6) is 5.75 Å². The minimum atomic E-state index is -1.35. The van der Waals surface area contributed by atoms with E-state index < -0.39 is 59.2 Å². The number of ether oxygens (including phenoxy) is 2. The Morgan fingerprint density at radius 3 is 1.96 bits per heavy atom. The molecule has 0 aliphatic rings. The monoisotopic (exact) mass is 653 g/mol. The predicted octanol–water partition coefficient (Wildman–Crippen LogP) is 6.38. The molecule has 0 aliphatic carbocycles. The van der Waals surface area contributed by atoms with E-state index >= 15 is 0 Å². The molecule has 3 N–H and O–H groups in total. The van der Waals surface area contributed by atoms with Gasteiger partial charge in [0.05, 0.1) is 0 Å². The van der Waals surface area contributed by atoms with Crippen LogP contribution in [0.1, 0.15) is 105 Å². The molecule has 0 saturated carbocycles. The van der Waals surface area contributed by atoms with E-state index in [1.165, 1.54) is 11.8 Å². The van der Waals surface area contributed by atoms with Crippen molar-refractivity contribution in [1.29, 1.82) is 0 Å². The molecule has 2 aromatic rings. The molecule has 0 bridgehead atoms. The molecule has 2 aromatic carbocycles. The van der Waals surface area contributed by atoms with Crippen molar-refractivity contribution in [3.05, 3.63) is 65.2 Å². The first kappa shape index (κ1) is 39.1. The first-order valence-electron chi connectivity index (χ1n) is 16.4. The minimum Gasteiger partial charge on any atom is -0.507 e. The highest BCUT2D eigenvalue weighted by Crippen LogP contribution is 2.34. The van der Waals surface area contributed by atoms with E-state index in [-0.39, 0.29) is 17.7 Å². The number of aromatic hydroxyl groups is 1. The van der Waals surface area contributed by atoms with E-state index in [0.29, 0.717) is 17.9 Å². The molecule has 0 radical (unpaired) electrons. The Morgan fingerprint density at radius 2 is 1.40 bits per heavy atom. The summed E-state index contributed by atoms with van der Waals surface area (Å²) in [4.78, 5) is 56.5. The average Bonchev–Trinajstić information content (AvgIpc) is 2.94. The Balaban J connectivity index is 2.67. The quantitative estimate of drug-likeness (QED) is 0.214. The molecule has 4 atom stereocenters. The Morgan fingerprint density at radius 1 is 0.809 bits per heavy atom. The summed E-state index contributed by atoms with van der Waals surface area (Å²) in [5.74, 6) is -1.69. The van der Waals surface area contributed by atoms with Crippen LogP contribution in [-0.2, 0) is 30.3 Å². The normalized spacial score (nSPS) is 14.4. The molecular formula is C37H55N3O7. The third-order valence-electron chi connectivity index (χ3n) is 7.38. The van der Waals surface area contributed by atoms with Gasteiger partial charge < -0.3 is 30.1 Å². The lowest BCUT2D eigenvalue weighted by Crippen LogP contribution is -2.56. The van der Waals surface area contributed by atoms with Gasteiger partial charge in [-0.15, -0.1) is 0 Å². The van der Waals surface area contributed by atoms with E-state index in [2.05, 4.69) is 24.5 Å². The molecule has 0 heterocycles. The van der Waals surface area contributed by atoms with Gasteiger partial charge in [0.1, 0.15) is 35.1 Å². The third kappa shape index (κ3) is 12.6. The van der Waals surface area contributed by atoms with Crippen LogP contribution in [0.15, 0.2) is 48.5 Å². The van der Waals surface area contributed by atoms with E-state index in [4.69, 9.17) is 9.47 Å². The summed E-state index contributed by atoms with van der Waals surface area (Å²) in [5, 5.41) is 16.8. The number of carbonyl (C=O) groups excluding carboxylic acids is 4. The molecular weight excluding hydrogens is 598 g/mol. The number of amides is 3. The molecule has 10 nitrogen and oxygen atoms in total. The molecule has 0 spiro atoms. The summed E-state index contributed by atoms with van der Waals surface area (Å²) in [6.45, 7) is 19.6. The number of hydrogen-bond donors (Lipinski definition) is 3. The second kappa shape index (κ2) is 16.7. The van der Waals surface area contributed by atoms with Crippen molar-refractivity contribution in [3.63, 3.8) is 0 Å². The number of alkyl carbamates (subject to hydrolysis) is 1. The fraction of sp³-hybridized carbons (Fsp3) is 0.568. The van der Waals surface area contributed by atoms with Gasteiger partial charge in [0.25, 0.3) is 0 Å². The maximum absolute atomic E-state index is 14.6. The van der Waals surface area contributed by atoms with Gasteiger partial charge in [0, 0.05) is 18.0 Å². The minimum absolute atomic E-state index is 0.140. The van der Waals surface area contributed by atoms with Gasteiger partial charge in [-0.2, -0.15) is 0 Å². The van der Waals surface area contributed by atoms with Crippen LogP contribution in [0, 0.1) is 12.8 Å². The predicted molar refractivity (Wildman–Crippen MR) is 183 cm³/mol. The average molecular weight is 654 g/mol. The highest BCUT2D eigenvalue weighted by Gasteiger charge is 2.40. The number of phenolic OH excluding ortho intramolecular Hbond substituents is 1. The SMILES string of the molecule is Cc1cccc(C(C(=O)NC(Cc2ccccc2)C(=O)OC(C)(C)C)N(C(=O)C(C)NC(=O)OC(C)(C)C)C(C)CCC(C)C)c1O. The molecule has 3 amide bonds. The lowest BCUT2D eigenvalue weighted by Gasteiger charge is -2.39. The highest BCUT2D eigenvalue weighted by atomic mass is 16.6. The maximum Gasteiger partial charge on any atom is 0.408 e. The molecule has 4 unspecified atom stereocenters. The first-order valence-corrected chi connectivity index (χ1v) is 16.4. The fourth-order valence-electron chi connectivity index (χ4n) is 5.07. The number of esters is 1. The summed E-state index contributed by atoms with van der Waals surface area (Å²) >= 11 is 0. The summed E-state index contributed by atoms with van der Waals surface area (Å²) in [6, 6.07) is 10.2. The zero-order valence-electron chi connectivity index (χ0n) is 30.0. The molecule has 0 aromatic heterocycles. The number of para-hydroxylation sites is 1. The summed E-state index contributed by atoms with van der Waals surface area (Å²) in [5.41, 5.74) is -0.106. The van der Waals surface area contributed by atoms with E-state index in [1.807, 2.05) is 37.3 Å². The van der Waals surface area contributed by atoms with Gasteiger partial charge in [-0.3, -0.25) is 9.59 Å². The third-order valence-corrected chi connectivity index (χ3v) is 7.38. The zero-order chi connectivity index (χ0) is 35.7. The van der Waals surface area contributed by atoms with Gasteiger partial charge in [-0.25, -0.2) is 9.59 Å². The largest absolute Gasteiger partial charge is 0.507 e. The Hall–Kier alpha value is -4.08. The van der Waals surface area contributed by atoms with Crippen molar-refractivity contribution in [1.82, 2.24) is 15.5 Å². The highest BCUT2D eigenvalue weighted by molar-refractivity contribution is 5.94. The van der Waals surface area contributed by atoms with Crippen LogP contribution in [0.2, 0.25) is 0 Å². The fourth-order valence-corrected chi connectivity index (χ4v) is 5.07. The van der Waals surface area contributed by atoms with E-state index in [0.717, 1.165) is 12.0 Å². The number of hydrogen-bond acceptors (Lipinski definition) is 7. The van der Waals surface area contributed by atoms with Crippen molar-refractivity contribution in [2.45, 2.75) is 131 Å². The van der Waals surface area contributed by atoms with Crippen molar-refractivity contribution in [2.75, 3.05) is 0 Å². The van der Waals surface area contributed by atoms with Crippen LogP contribution < -0.4 is 10.6 Å². The lowest BCUT2D eigenvalue weighted by atomic mass is 9.95. The summed E-state index contributed by atoms with van der Waals surface area (Å²) < 4.78 is 11.1. The number of aryl methyl sites for hydroxylation is 1. The van der Waals surface area contributed by atoms with E-state index in [1.54, 1.807) is 66.7 Å². The van der Waals surface area contributed by atoms with E-state index in [9.17, 15) is 24.3 Å². The number of nitrogens with one attached hydrogen (secondary N) is 2. The number of rotatable bonds is 13. The Kier molecular flexibility index (Phi) is 13.9. The van der Waals surface area contributed by atoms with Gasteiger partial charge >= 0.3 is 12.1 Å². The standard InChI is InChI=1S/C37H55N3O7/c1-23(2)20-21-25(4)40(33(43)26(5)38-35(45)47-37(9,10)11)30(28-19-15-16-24(3)31(28)41)32(42)39-29(34(44)46-36(6,7)8)22-27-17-13-12-14-18-27/h12-19,23,25-26,29-30,41H,20-22H2,1-11H3,(H,38,45)(H,39,42). The molecule has 47 heavy (non-hydrogen) atoms. The van der Waals surface area contributed by atoms with Crippen LogP contribution >= 0.6 is 0 Å². The zero-order valence-corrected chi connectivity index (χ0v) is 30.0. The Labute approximate surface area is 280 Å². The van der Waals surface area contributed by atoms with Gasteiger partial charge in [-0.1, -0.05) is 62.4 Å². The smallest absolute Gasteiger partial charge is 0.408 e. The maximum atomic E-state index is 14.6. The summed E-state index contributed by atoms with van der Waals surface area (Å²) in [7, 11) is 0. The van der Waals surface area contributed by atoms with Crippen molar-refractivity contribution >= 4 is 23.9 Å². The number of phenols is 1. The molecule has 0 fully saturated rings. The van der Waals surface area contributed by atoms with Crippen molar-refractivity contribution in [3.8, 4) is 5.75 Å². The lowest BCUT2D eigenvalue weighted by molar-refractivity contribution is -0.159. The molecule has 0 aliphatic heterocycles. The molecule has 2 rings (SSSR count). The van der Waals surface area contributed by atoms with Crippen molar-refractivity contribution in [2.24, 2.45) is 5.92 Å². The Bertz CT molecular complexity index is 1360. The summed E-state index contributed by atoms with van der Waals surface area (Å²) in [6.07, 6.45) is 0.655. The first-order chi connectivity index (χ1) is 21.7. The number of carbonyl (C=O) groups is 4.